The molecule has 7 nitrogen and oxygen atoms in total. The molecular weight excluding hydrogens is 532 g/mol. The summed E-state index contributed by atoms with van der Waals surface area (Å²) in [5, 5.41) is 7.19. The Labute approximate surface area is 235 Å². The van der Waals surface area contributed by atoms with E-state index in [4.69, 9.17) is 5.10 Å². The fraction of sp³-hybridized carbons (Fsp3) is 0.267. The van der Waals surface area contributed by atoms with E-state index in [0.29, 0.717) is 34.0 Å². The molecule has 0 saturated heterocycles. The van der Waals surface area contributed by atoms with Gasteiger partial charge in [0.15, 0.2) is 0 Å². The lowest BCUT2D eigenvalue weighted by Crippen LogP contribution is -2.42. The highest BCUT2D eigenvalue weighted by Crippen LogP contribution is 2.48. The summed E-state index contributed by atoms with van der Waals surface area (Å²) in [6, 6.07) is 17.6. The number of aromatic nitrogens is 3. The third-order valence-electron chi connectivity index (χ3n) is 6.55. The zero-order valence-corrected chi connectivity index (χ0v) is 23.2. The number of anilines is 1. The molecule has 0 fully saturated rings. The maximum Gasteiger partial charge on any atom is 0.240 e. The Kier molecular flexibility index (Phi) is 7.71. The Morgan fingerprint density at radius 3 is 2.45 bits per heavy atom. The van der Waals surface area contributed by atoms with Crippen molar-refractivity contribution in [3.05, 3.63) is 107 Å². The van der Waals surface area contributed by atoms with Gasteiger partial charge in [0.05, 0.1) is 34.6 Å². The minimum atomic E-state index is -0.565. The van der Waals surface area contributed by atoms with Gasteiger partial charge in [-0.1, -0.05) is 45.0 Å². The second-order valence-corrected chi connectivity index (χ2v) is 11.6. The summed E-state index contributed by atoms with van der Waals surface area (Å²) < 4.78 is 30.7. The predicted octanol–water partition coefficient (Wildman–Crippen LogP) is 5.33. The van der Waals surface area contributed by atoms with Crippen molar-refractivity contribution in [2.24, 2.45) is 0 Å². The Morgan fingerprint density at radius 1 is 1.05 bits per heavy atom. The quantitative estimate of drug-likeness (QED) is 0.344. The number of nitrogens with zero attached hydrogens (tertiary/aromatic N) is 4. The Balaban J connectivity index is 1.66. The molecule has 0 aliphatic carbocycles. The van der Waals surface area contributed by atoms with Crippen LogP contribution in [0.3, 0.4) is 0 Å². The molecule has 3 heterocycles. The second kappa shape index (κ2) is 11.2. The SMILES string of the molecule is CC(C)(C)c1nn(-c2ccc(F)cc2)c2c1[C@@H](c1ccccc1F)SCC(=O)N2CC(=O)NCc1ccccn1. The number of rotatable bonds is 6. The highest BCUT2D eigenvalue weighted by Gasteiger charge is 2.40. The summed E-state index contributed by atoms with van der Waals surface area (Å²) in [7, 11) is 0. The highest BCUT2D eigenvalue weighted by atomic mass is 32.2. The van der Waals surface area contributed by atoms with Crippen LogP contribution < -0.4 is 10.2 Å². The number of hydrogen-bond acceptors (Lipinski definition) is 5. The van der Waals surface area contributed by atoms with Gasteiger partial charge in [-0.3, -0.25) is 19.5 Å². The molecule has 206 valence electrons. The molecule has 1 aliphatic rings. The first-order valence-electron chi connectivity index (χ1n) is 12.9. The van der Waals surface area contributed by atoms with E-state index in [9.17, 15) is 14.0 Å². The molecule has 0 bridgehead atoms. The van der Waals surface area contributed by atoms with Gasteiger partial charge in [-0.2, -0.15) is 5.10 Å². The number of pyridine rings is 1. The number of carbonyl (C=O) groups is 2. The molecule has 0 radical (unpaired) electrons. The molecule has 2 aromatic heterocycles. The minimum absolute atomic E-state index is 0.0220. The Hall–Kier alpha value is -4.05. The Bertz CT molecular complexity index is 1530. The van der Waals surface area contributed by atoms with Crippen LogP contribution in [-0.2, 0) is 21.5 Å². The van der Waals surface area contributed by atoms with Crippen LogP contribution in [0.25, 0.3) is 5.69 Å². The summed E-state index contributed by atoms with van der Waals surface area (Å²) in [5.74, 6) is -1.12. The van der Waals surface area contributed by atoms with Crippen LogP contribution in [-0.4, -0.2) is 38.9 Å². The minimum Gasteiger partial charge on any atom is -0.349 e. The molecule has 40 heavy (non-hydrogen) atoms. The van der Waals surface area contributed by atoms with Gasteiger partial charge in [0.1, 0.15) is 24.0 Å². The average molecular weight is 562 g/mol. The van der Waals surface area contributed by atoms with Gasteiger partial charge in [0.2, 0.25) is 11.8 Å². The zero-order chi connectivity index (χ0) is 28.4. The smallest absolute Gasteiger partial charge is 0.240 e. The molecule has 1 N–H and O–H groups in total. The number of amides is 2. The molecule has 2 amide bonds. The summed E-state index contributed by atoms with van der Waals surface area (Å²) in [6.45, 7) is 5.89. The largest absolute Gasteiger partial charge is 0.349 e. The number of hydrogen-bond donors (Lipinski definition) is 1. The lowest BCUT2D eigenvalue weighted by Gasteiger charge is -2.24. The van der Waals surface area contributed by atoms with Crippen LogP contribution in [0, 0.1) is 11.6 Å². The lowest BCUT2D eigenvalue weighted by molar-refractivity contribution is -0.123. The van der Waals surface area contributed by atoms with Crippen molar-refractivity contribution in [3.8, 4) is 5.69 Å². The van der Waals surface area contributed by atoms with E-state index in [-0.39, 0.29) is 30.7 Å². The molecular formula is C30H29F2N5O2S. The molecule has 1 aliphatic heterocycles. The molecule has 4 aromatic rings. The molecule has 0 spiro atoms. The third-order valence-corrected chi connectivity index (χ3v) is 7.79. The van der Waals surface area contributed by atoms with Crippen LogP contribution in [0.2, 0.25) is 0 Å². The van der Waals surface area contributed by atoms with Crippen molar-refractivity contribution in [2.45, 2.75) is 38.0 Å². The average Bonchev–Trinajstić information content (AvgIpc) is 3.27. The van der Waals surface area contributed by atoms with E-state index >= 15 is 4.39 Å². The van der Waals surface area contributed by atoms with E-state index in [1.807, 2.05) is 26.8 Å². The van der Waals surface area contributed by atoms with Crippen LogP contribution in [0.5, 0.6) is 0 Å². The second-order valence-electron chi connectivity index (χ2n) is 10.5. The van der Waals surface area contributed by atoms with Gasteiger partial charge in [-0.05, 0) is 42.5 Å². The van der Waals surface area contributed by atoms with E-state index < -0.39 is 22.3 Å². The maximum atomic E-state index is 15.2. The number of halogens is 2. The van der Waals surface area contributed by atoms with Crippen molar-refractivity contribution in [1.29, 1.82) is 0 Å². The third kappa shape index (κ3) is 5.62. The van der Waals surface area contributed by atoms with Gasteiger partial charge in [-0.15, -0.1) is 11.8 Å². The fourth-order valence-electron chi connectivity index (χ4n) is 4.66. The molecule has 2 aromatic carbocycles. The summed E-state index contributed by atoms with van der Waals surface area (Å²) in [5.41, 5.74) is 2.42. The van der Waals surface area contributed by atoms with Crippen molar-refractivity contribution in [3.63, 3.8) is 0 Å². The fourth-order valence-corrected chi connectivity index (χ4v) is 5.88. The maximum absolute atomic E-state index is 15.2. The van der Waals surface area contributed by atoms with E-state index in [0.717, 1.165) is 0 Å². The number of fused-ring (bicyclic) bond motifs is 1. The first-order chi connectivity index (χ1) is 19.1. The van der Waals surface area contributed by atoms with Crippen molar-refractivity contribution in [2.75, 3.05) is 17.2 Å². The number of nitrogens with one attached hydrogen (secondary N) is 1. The molecule has 0 unspecified atom stereocenters. The first-order valence-corrected chi connectivity index (χ1v) is 13.9. The summed E-state index contributed by atoms with van der Waals surface area (Å²) >= 11 is 1.30. The first kappa shape index (κ1) is 27.5. The van der Waals surface area contributed by atoms with Crippen molar-refractivity contribution < 1.29 is 18.4 Å². The molecule has 0 saturated carbocycles. The van der Waals surface area contributed by atoms with Crippen LogP contribution in [0.1, 0.15) is 48.5 Å². The number of benzene rings is 2. The highest BCUT2D eigenvalue weighted by molar-refractivity contribution is 8.00. The van der Waals surface area contributed by atoms with Crippen LogP contribution in [0.4, 0.5) is 14.6 Å². The van der Waals surface area contributed by atoms with E-state index in [1.165, 1.54) is 34.9 Å². The van der Waals surface area contributed by atoms with Crippen LogP contribution >= 0.6 is 11.8 Å². The number of thioether (sulfide) groups is 1. The lowest BCUT2D eigenvalue weighted by atomic mass is 9.87. The van der Waals surface area contributed by atoms with Crippen molar-refractivity contribution >= 4 is 29.4 Å². The summed E-state index contributed by atoms with van der Waals surface area (Å²) in [4.78, 5) is 32.5. The normalized spacial score (nSPS) is 15.5. The van der Waals surface area contributed by atoms with E-state index in [2.05, 4.69) is 10.3 Å². The zero-order valence-electron chi connectivity index (χ0n) is 22.4. The van der Waals surface area contributed by atoms with Gasteiger partial charge in [0, 0.05) is 22.7 Å². The molecule has 10 heteroatoms. The van der Waals surface area contributed by atoms with Gasteiger partial charge >= 0.3 is 0 Å². The topological polar surface area (TPSA) is 80.1 Å². The van der Waals surface area contributed by atoms with Gasteiger partial charge in [-0.25, -0.2) is 13.5 Å². The summed E-state index contributed by atoms with van der Waals surface area (Å²) in [6.07, 6.45) is 1.64. The van der Waals surface area contributed by atoms with Gasteiger partial charge in [0.25, 0.3) is 0 Å². The van der Waals surface area contributed by atoms with E-state index in [1.54, 1.807) is 53.3 Å². The standard InChI is InChI=1S/C30H29F2N5O2S/c1-30(2,3)28-26-27(22-9-4-5-10-23(22)32)40-18-25(39)36(17-24(38)34-16-20-8-6-7-15-33-20)29(26)37(35-28)21-13-11-19(31)12-14-21/h4-15,27H,16-18H2,1-3H3,(H,34,38)/t27-/m1/s1. The van der Waals surface area contributed by atoms with Gasteiger partial charge < -0.3 is 5.32 Å². The molecule has 1 atom stereocenters. The van der Waals surface area contributed by atoms with Crippen LogP contribution in [0.15, 0.2) is 72.9 Å². The number of carbonyl (C=O) groups excluding carboxylic acids is 2. The monoisotopic (exact) mass is 561 g/mol. The van der Waals surface area contributed by atoms with Crippen molar-refractivity contribution in [1.82, 2.24) is 20.1 Å². The Morgan fingerprint density at radius 2 is 1.77 bits per heavy atom. The molecule has 5 rings (SSSR count). The predicted molar refractivity (Wildman–Crippen MR) is 151 cm³/mol.